The van der Waals surface area contributed by atoms with E-state index in [9.17, 15) is 23.1 Å². The molecule has 0 bridgehead atoms. The van der Waals surface area contributed by atoms with Gasteiger partial charge in [-0.25, -0.2) is 8.42 Å². The van der Waals surface area contributed by atoms with Gasteiger partial charge in [-0.15, -0.1) is 0 Å². The van der Waals surface area contributed by atoms with Crippen molar-refractivity contribution in [1.82, 2.24) is 9.62 Å². The third-order valence-electron chi connectivity index (χ3n) is 4.62. The van der Waals surface area contributed by atoms with Gasteiger partial charge in [-0.2, -0.15) is 4.31 Å². The summed E-state index contributed by atoms with van der Waals surface area (Å²) in [6, 6.07) is 5.27. The van der Waals surface area contributed by atoms with Gasteiger partial charge in [0, 0.05) is 20.0 Å². The van der Waals surface area contributed by atoms with Crippen molar-refractivity contribution >= 4 is 21.9 Å². The van der Waals surface area contributed by atoms with Gasteiger partial charge in [0.25, 0.3) is 0 Å². The largest absolute Gasteiger partial charge is 0.480 e. The second kappa shape index (κ2) is 8.64. The summed E-state index contributed by atoms with van der Waals surface area (Å²) in [4.78, 5) is 22.4. The lowest BCUT2D eigenvalue weighted by Crippen LogP contribution is -2.46. The highest BCUT2D eigenvalue weighted by Crippen LogP contribution is 2.28. The van der Waals surface area contributed by atoms with E-state index in [2.05, 4.69) is 26.1 Å². The number of benzene rings is 1. The van der Waals surface area contributed by atoms with Crippen molar-refractivity contribution in [1.29, 1.82) is 0 Å². The fourth-order valence-corrected chi connectivity index (χ4v) is 3.99. The van der Waals surface area contributed by atoms with Crippen molar-refractivity contribution in [2.24, 2.45) is 0 Å². The van der Waals surface area contributed by atoms with Gasteiger partial charge in [-0.3, -0.25) is 9.59 Å². The summed E-state index contributed by atoms with van der Waals surface area (Å²) in [6.45, 7) is 8.73. The van der Waals surface area contributed by atoms with Crippen LogP contribution in [0.3, 0.4) is 0 Å². The molecule has 26 heavy (non-hydrogen) atoms. The molecule has 0 saturated carbocycles. The Balaban J connectivity index is 3.18. The van der Waals surface area contributed by atoms with Crippen LogP contribution < -0.4 is 5.32 Å². The highest BCUT2D eigenvalue weighted by molar-refractivity contribution is 7.89. The summed E-state index contributed by atoms with van der Waals surface area (Å²) in [6.07, 6.45) is 0.901. The smallest absolute Gasteiger partial charge is 0.321 e. The SMILES string of the molecule is CCC(C)(C)c1ccc(S(=O)(=O)N(CCNC(C)=O)C(C)C(=O)O)cc1. The number of nitrogens with one attached hydrogen (secondary N) is 1. The zero-order valence-electron chi connectivity index (χ0n) is 15.9. The second-order valence-electron chi connectivity index (χ2n) is 6.87. The third-order valence-corrected chi connectivity index (χ3v) is 6.61. The molecule has 2 N–H and O–H groups in total. The van der Waals surface area contributed by atoms with E-state index in [1.807, 2.05) is 0 Å². The van der Waals surface area contributed by atoms with Gasteiger partial charge in [0.1, 0.15) is 6.04 Å². The molecule has 0 aliphatic heterocycles. The molecule has 1 unspecified atom stereocenters. The van der Waals surface area contributed by atoms with Crippen LogP contribution in [0.2, 0.25) is 0 Å². The molecule has 1 amide bonds. The van der Waals surface area contributed by atoms with Crippen LogP contribution in [-0.4, -0.2) is 48.8 Å². The van der Waals surface area contributed by atoms with E-state index in [0.29, 0.717) is 0 Å². The van der Waals surface area contributed by atoms with Crippen LogP contribution in [0.1, 0.15) is 46.6 Å². The first-order valence-corrected chi connectivity index (χ1v) is 9.97. The molecular weight excluding hydrogens is 356 g/mol. The predicted octanol–water partition coefficient (Wildman–Crippen LogP) is 1.97. The minimum absolute atomic E-state index is 0.0316. The molecule has 1 aromatic carbocycles. The van der Waals surface area contributed by atoms with Gasteiger partial charge in [0.05, 0.1) is 4.90 Å². The Morgan fingerprint density at radius 1 is 1.23 bits per heavy atom. The van der Waals surface area contributed by atoms with E-state index in [4.69, 9.17) is 0 Å². The third kappa shape index (κ3) is 5.28. The molecule has 0 radical (unpaired) electrons. The second-order valence-corrected chi connectivity index (χ2v) is 8.77. The zero-order chi connectivity index (χ0) is 20.1. The lowest BCUT2D eigenvalue weighted by molar-refractivity contribution is -0.140. The molecule has 1 rings (SSSR count). The number of nitrogens with zero attached hydrogens (tertiary/aromatic N) is 1. The van der Waals surface area contributed by atoms with Crippen molar-refractivity contribution in [3.05, 3.63) is 29.8 Å². The molecule has 0 aliphatic rings. The molecule has 0 aliphatic carbocycles. The highest BCUT2D eigenvalue weighted by atomic mass is 32.2. The van der Waals surface area contributed by atoms with Crippen molar-refractivity contribution in [2.45, 2.75) is 57.4 Å². The normalized spacial score (nSPS) is 13.5. The van der Waals surface area contributed by atoms with Gasteiger partial charge in [0.15, 0.2) is 0 Å². The van der Waals surface area contributed by atoms with Crippen molar-refractivity contribution in [3.63, 3.8) is 0 Å². The number of carbonyl (C=O) groups is 2. The maximum Gasteiger partial charge on any atom is 0.321 e. The van der Waals surface area contributed by atoms with Gasteiger partial charge in [-0.1, -0.05) is 32.9 Å². The van der Waals surface area contributed by atoms with E-state index < -0.39 is 22.0 Å². The Bertz CT molecular complexity index is 741. The van der Waals surface area contributed by atoms with E-state index >= 15 is 0 Å². The number of carboxylic acids is 1. The minimum atomic E-state index is -4.01. The van der Waals surface area contributed by atoms with Crippen molar-refractivity contribution in [3.8, 4) is 0 Å². The van der Waals surface area contributed by atoms with E-state index in [0.717, 1.165) is 16.3 Å². The Morgan fingerprint density at radius 3 is 2.19 bits per heavy atom. The van der Waals surface area contributed by atoms with Crippen molar-refractivity contribution in [2.75, 3.05) is 13.1 Å². The maximum absolute atomic E-state index is 12.9. The van der Waals surface area contributed by atoms with Crippen LogP contribution in [-0.2, 0) is 25.0 Å². The summed E-state index contributed by atoms with van der Waals surface area (Å²) in [7, 11) is -4.01. The molecule has 1 atom stereocenters. The predicted molar refractivity (Wildman–Crippen MR) is 99.4 cm³/mol. The Kier molecular flexibility index (Phi) is 7.35. The summed E-state index contributed by atoms with van der Waals surface area (Å²) >= 11 is 0. The fraction of sp³-hybridized carbons (Fsp3) is 0.556. The van der Waals surface area contributed by atoms with Gasteiger partial charge >= 0.3 is 5.97 Å². The number of rotatable bonds is 9. The minimum Gasteiger partial charge on any atom is -0.480 e. The molecule has 0 spiro atoms. The Morgan fingerprint density at radius 2 is 1.77 bits per heavy atom. The number of amides is 1. The number of hydrogen-bond acceptors (Lipinski definition) is 4. The lowest BCUT2D eigenvalue weighted by Gasteiger charge is -2.27. The molecule has 7 nitrogen and oxygen atoms in total. The van der Waals surface area contributed by atoms with Crippen molar-refractivity contribution < 1.29 is 23.1 Å². The molecular formula is C18H28N2O5S. The highest BCUT2D eigenvalue weighted by Gasteiger charge is 2.33. The summed E-state index contributed by atoms with van der Waals surface area (Å²) in [5.41, 5.74) is 0.928. The summed E-state index contributed by atoms with van der Waals surface area (Å²) in [5.74, 6) is -1.56. The zero-order valence-corrected chi connectivity index (χ0v) is 16.8. The van der Waals surface area contributed by atoms with Crippen LogP contribution in [0.15, 0.2) is 29.2 Å². The van der Waals surface area contributed by atoms with E-state index in [1.165, 1.54) is 26.0 Å². The molecule has 0 fully saturated rings. The van der Waals surface area contributed by atoms with E-state index in [-0.39, 0.29) is 29.3 Å². The first-order valence-electron chi connectivity index (χ1n) is 8.53. The van der Waals surface area contributed by atoms with Gasteiger partial charge < -0.3 is 10.4 Å². The first kappa shape index (κ1) is 22.1. The van der Waals surface area contributed by atoms with E-state index in [1.54, 1.807) is 12.1 Å². The fourth-order valence-electron chi connectivity index (χ4n) is 2.40. The number of carbonyl (C=O) groups excluding carboxylic acids is 1. The molecule has 0 heterocycles. The molecule has 0 aromatic heterocycles. The molecule has 0 saturated heterocycles. The van der Waals surface area contributed by atoms with Crippen LogP contribution in [0, 0.1) is 0 Å². The van der Waals surface area contributed by atoms with Crippen LogP contribution in [0.25, 0.3) is 0 Å². The molecule has 8 heteroatoms. The number of sulfonamides is 1. The average Bonchev–Trinajstić information content (AvgIpc) is 2.57. The maximum atomic E-state index is 12.9. The number of carboxylic acid groups (broad SMARTS) is 1. The number of hydrogen-bond donors (Lipinski definition) is 2. The first-order chi connectivity index (χ1) is 11.9. The topological polar surface area (TPSA) is 104 Å². The summed E-state index contributed by atoms with van der Waals surface area (Å²) in [5, 5.41) is 11.8. The standard InChI is InChI=1S/C18H28N2O5S/c1-6-18(4,5)15-7-9-16(10-8-15)26(24,25)20(13(2)17(22)23)12-11-19-14(3)21/h7-10,13H,6,11-12H2,1-5H3,(H,19,21)(H,22,23). The Hall–Kier alpha value is -1.93. The molecule has 146 valence electrons. The summed E-state index contributed by atoms with van der Waals surface area (Å²) < 4.78 is 26.8. The average molecular weight is 384 g/mol. The number of aliphatic carboxylic acids is 1. The monoisotopic (exact) mass is 384 g/mol. The van der Waals surface area contributed by atoms with Gasteiger partial charge in [0.2, 0.25) is 15.9 Å². The van der Waals surface area contributed by atoms with Crippen LogP contribution >= 0.6 is 0 Å². The van der Waals surface area contributed by atoms with Crippen LogP contribution in [0.5, 0.6) is 0 Å². The quantitative estimate of drug-likeness (QED) is 0.677. The molecule has 1 aromatic rings. The lowest BCUT2D eigenvalue weighted by atomic mass is 9.82. The Labute approximate surface area is 155 Å². The van der Waals surface area contributed by atoms with Crippen LogP contribution in [0.4, 0.5) is 0 Å². The van der Waals surface area contributed by atoms with Gasteiger partial charge in [-0.05, 0) is 36.5 Å².